The summed E-state index contributed by atoms with van der Waals surface area (Å²) in [4.78, 5) is 33.9. The van der Waals surface area contributed by atoms with E-state index in [1.807, 2.05) is 0 Å². The summed E-state index contributed by atoms with van der Waals surface area (Å²) in [5.41, 5.74) is 3.66. The number of nitrogens with zero attached hydrogens (tertiary/aromatic N) is 2. The molecule has 17 heavy (non-hydrogen) atoms. The highest BCUT2D eigenvalue weighted by Gasteiger charge is 2.06. The first kappa shape index (κ1) is 12.8. The Bertz CT molecular complexity index is 531. The highest BCUT2D eigenvalue weighted by atomic mass is 16.5. The SMILES string of the molecule is CCOC(=O)NNc1cc(=O)n(C)c(=O)n1C. The zero-order valence-corrected chi connectivity index (χ0v) is 9.81. The smallest absolute Gasteiger partial charge is 0.425 e. The maximum Gasteiger partial charge on any atom is 0.425 e. The largest absolute Gasteiger partial charge is 0.449 e. The zero-order chi connectivity index (χ0) is 13.0. The van der Waals surface area contributed by atoms with Crippen molar-refractivity contribution in [3.05, 3.63) is 26.9 Å². The van der Waals surface area contributed by atoms with Gasteiger partial charge in [0, 0.05) is 20.2 Å². The summed E-state index contributed by atoms with van der Waals surface area (Å²) >= 11 is 0. The van der Waals surface area contributed by atoms with Gasteiger partial charge in [0.2, 0.25) is 0 Å². The molecule has 0 saturated heterocycles. The topological polar surface area (TPSA) is 94.4 Å². The number of rotatable bonds is 3. The highest BCUT2D eigenvalue weighted by molar-refractivity contribution is 5.68. The average Bonchev–Trinajstić information content (AvgIpc) is 2.30. The maximum absolute atomic E-state index is 11.5. The van der Waals surface area contributed by atoms with Gasteiger partial charge in [-0.25, -0.2) is 15.0 Å². The predicted molar refractivity (Wildman–Crippen MR) is 60.7 cm³/mol. The minimum atomic E-state index is -0.694. The molecule has 1 aromatic heterocycles. The second kappa shape index (κ2) is 5.19. The van der Waals surface area contributed by atoms with Gasteiger partial charge in [-0.1, -0.05) is 0 Å². The van der Waals surface area contributed by atoms with Crippen LogP contribution in [0, 0.1) is 0 Å². The standard InChI is InChI=1S/C9H14N4O4/c1-4-17-8(15)11-10-6-5-7(14)13(3)9(16)12(6)2/h5,10H,4H2,1-3H3,(H,11,15). The van der Waals surface area contributed by atoms with Crippen LogP contribution in [0.3, 0.4) is 0 Å². The van der Waals surface area contributed by atoms with Gasteiger partial charge in [0.25, 0.3) is 5.56 Å². The Kier molecular flexibility index (Phi) is 3.91. The van der Waals surface area contributed by atoms with Gasteiger partial charge in [-0.05, 0) is 6.92 Å². The Balaban J connectivity index is 2.90. The highest BCUT2D eigenvalue weighted by Crippen LogP contribution is 1.95. The van der Waals surface area contributed by atoms with Gasteiger partial charge < -0.3 is 4.74 Å². The third kappa shape index (κ3) is 2.86. The van der Waals surface area contributed by atoms with Crippen molar-refractivity contribution in [1.82, 2.24) is 14.6 Å². The van der Waals surface area contributed by atoms with Gasteiger partial charge in [-0.3, -0.25) is 19.4 Å². The first-order valence-electron chi connectivity index (χ1n) is 4.93. The number of amides is 1. The van der Waals surface area contributed by atoms with Crippen LogP contribution in [-0.2, 0) is 18.8 Å². The van der Waals surface area contributed by atoms with E-state index in [-0.39, 0.29) is 12.4 Å². The lowest BCUT2D eigenvalue weighted by Gasteiger charge is -2.12. The number of hydrogen-bond donors (Lipinski definition) is 2. The zero-order valence-electron chi connectivity index (χ0n) is 9.81. The van der Waals surface area contributed by atoms with Crippen molar-refractivity contribution in [3.8, 4) is 0 Å². The first-order chi connectivity index (χ1) is 7.97. The van der Waals surface area contributed by atoms with Crippen molar-refractivity contribution < 1.29 is 9.53 Å². The van der Waals surface area contributed by atoms with E-state index < -0.39 is 17.3 Å². The van der Waals surface area contributed by atoms with E-state index in [2.05, 4.69) is 15.6 Å². The molecular weight excluding hydrogens is 228 g/mol. The molecule has 94 valence electrons. The molecular formula is C9H14N4O4. The molecule has 0 atom stereocenters. The summed E-state index contributed by atoms with van der Waals surface area (Å²) in [6.07, 6.45) is -0.694. The van der Waals surface area contributed by atoms with Gasteiger partial charge >= 0.3 is 11.8 Å². The molecule has 1 aromatic rings. The number of carbonyl (C=O) groups excluding carboxylic acids is 1. The van der Waals surface area contributed by atoms with Crippen LogP contribution >= 0.6 is 0 Å². The molecule has 1 heterocycles. The van der Waals surface area contributed by atoms with E-state index in [4.69, 9.17) is 0 Å². The van der Waals surface area contributed by atoms with Crippen LogP contribution in [0.4, 0.5) is 10.6 Å². The van der Waals surface area contributed by atoms with Crippen LogP contribution in [0.1, 0.15) is 6.92 Å². The molecule has 0 saturated carbocycles. The molecule has 8 nitrogen and oxygen atoms in total. The van der Waals surface area contributed by atoms with Gasteiger partial charge in [-0.2, -0.15) is 0 Å². The van der Waals surface area contributed by atoms with Gasteiger partial charge in [-0.15, -0.1) is 0 Å². The van der Waals surface area contributed by atoms with Crippen LogP contribution in [0.25, 0.3) is 0 Å². The van der Waals surface area contributed by atoms with E-state index in [0.717, 1.165) is 4.57 Å². The summed E-state index contributed by atoms with van der Waals surface area (Å²) < 4.78 is 6.75. The van der Waals surface area contributed by atoms with Crippen molar-refractivity contribution in [3.63, 3.8) is 0 Å². The Morgan fingerprint density at radius 2 is 2.00 bits per heavy atom. The number of hydrogen-bond acceptors (Lipinski definition) is 5. The molecule has 1 amide bonds. The van der Waals surface area contributed by atoms with Gasteiger partial charge in [0.15, 0.2) is 0 Å². The van der Waals surface area contributed by atoms with Crippen LogP contribution in [-0.4, -0.2) is 21.8 Å². The van der Waals surface area contributed by atoms with Crippen molar-refractivity contribution in [2.24, 2.45) is 14.1 Å². The molecule has 0 aliphatic heterocycles. The fourth-order valence-corrected chi connectivity index (χ4v) is 1.14. The summed E-state index contributed by atoms with van der Waals surface area (Å²) in [5, 5.41) is 0. The molecule has 2 N–H and O–H groups in total. The monoisotopic (exact) mass is 242 g/mol. The van der Waals surface area contributed by atoms with E-state index in [1.165, 1.54) is 24.7 Å². The maximum atomic E-state index is 11.5. The van der Waals surface area contributed by atoms with Crippen LogP contribution < -0.4 is 22.1 Å². The molecule has 8 heteroatoms. The molecule has 0 aliphatic rings. The summed E-state index contributed by atoms with van der Waals surface area (Å²) in [7, 11) is 2.84. The summed E-state index contributed by atoms with van der Waals surface area (Å²) in [6.45, 7) is 1.89. The number of ether oxygens (including phenoxy) is 1. The van der Waals surface area contributed by atoms with Crippen molar-refractivity contribution >= 4 is 11.9 Å². The van der Waals surface area contributed by atoms with E-state index >= 15 is 0 Å². The van der Waals surface area contributed by atoms with Gasteiger partial charge in [0.1, 0.15) is 5.82 Å². The van der Waals surface area contributed by atoms with Crippen molar-refractivity contribution in [2.45, 2.75) is 6.92 Å². The quantitative estimate of drug-likeness (QED) is 0.674. The number of hydrazine groups is 1. The van der Waals surface area contributed by atoms with Crippen LogP contribution in [0.15, 0.2) is 15.7 Å². The molecule has 1 rings (SSSR count). The van der Waals surface area contributed by atoms with Gasteiger partial charge in [0.05, 0.1) is 6.61 Å². The van der Waals surface area contributed by atoms with E-state index in [9.17, 15) is 14.4 Å². The molecule has 0 aromatic carbocycles. The Labute approximate surface area is 96.8 Å². The van der Waals surface area contributed by atoms with Crippen molar-refractivity contribution in [1.29, 1.82) is 0 Å². The minimum Gasteiger partial charge on any atom is -0.449 e. The summed E-state index contributed by atoms with van der Waals surface area (Å²) in [5.74, 6) is 0.172. The molecule has 0 aliphatic carbocycles. The minimum absolute atomic E-state index is 0.172. The van der Waals surface area contributed by atoms with E-state index in [0.29, 0.717) is 0 Å². The molecule has 0 radical (unpaired) electrons. The van der Waals surface area contributed by atoms with Crippen molar-refractivity contribution in [2.75, 3.05) is 12.0 Å². The molecule has 0 fully saturated rings. The molecule has 0 bridgehead atoms. The lowest BCUT2D eigenvalue weighted by Crippen LogP contribution is -2.40. The molecule has 0 spiro atoms. The lowest BCUT2D eigenvalue weighted by molar-refractivity contribution is 0.154. The Morgan fingerprint density at radius 1 is 1.35 bits per heavy atom. The lowest BCUT2D eigenvalue weighted by atomic mass is 10.5. The second-order valence-corrected chi connectivity index (χ2v) is 3.24. The third-order valence-electron chi connectivity index (χ3n) is 2.09. The average molecular weight is 242 g/mol. The molecule has 0 unspecified atom stereocenters. The van der Waals surface area contributed by atoms with Crippen LogP contribution in [0.2, 0.25) is 0 Å². The Hall–Kier alpha value is -2.25. The fraction of sp³-hybridized carbons (Fsp3) is 0.444. The number of anilines is 1. The number of nitrogens with one attached hydrogen (secondary N) is 2. The van der Waals surface area contributed by atoms with Crippen LogP contribution in [0.5, 0.6) is 0 Å². The first-order valence-corrected chi connectivity index (χ1v) is 4.93. The number of aromatic nitrogens is 2. The summed E-state index contributed by atoms with van der Waals surface area (Å²) in [6, 6.07) is 1.19. The predicted octanol–water partition coefficient (Wildman–Crippen LogP) is -0.843. The number of carbonyl (C=O) groups is 1. The normalized spacial score (nSPS) is 9.82. The fourth-order valence-electron chi connectivity index (χ4n) is 1.14. The third-order valence-corrected chi connectivity index (χ3v) is 2.09. The van der Waals surface area contributed by atoms with E-state index in [1.54, 1.807) is 6.92 Å². The Morgan fingerprint density at radius 3 is 2.59 bits per heavy atom. The second-order valence-electron chi connectivity index (χ2n) is 3.24.